The van der Waals surface area contributed by atoms with Crippen LogP contribution in [0.5, 0.6) is 5.88 Å². The Kier molecular flexibility index (Phi) is 4.25. The lowest BCUT2D eigenvalue weighted by molar-refractivity contribution is -0.120. The summed E-state index contributed by atoms with van der Waals surface area (Å²) in [6, 6.07) is 1.81. The van der Waals surface area contributed by atoms with Crippen molar-refractivity contribution in [2.45, 2.75) is 24.8 Å². The Morgan fingerprint density at radius 2 is 2.17 bits per heavy atom. The quantitative estimate of drug-likeness (QED) is 0.783. The molecule has 126 valence electrons. The monoisotopic (exact) mass is 320 g/mol. The lowest BCUT2D eigenvalue weighted by Gasteiger charge is -2.49. The predicted octanol–water partition coefficient (Wildman–Crippen LogP) is -0.142. The van der Waals surface area contributed by atoms with Gasteiger partial charge in [0.25, 0.3) is 0 Å². The van der Waals surface area contributed by atoms with Crippen molar-refractivity contribution in [3.8, 4) is 5.88 Å². The van der Waals surface area contributed by atoms with Gasteiger partial charge in [-0.3, -0.25) is 9.69 Å². The van der Waals surface area contributed by atoms with E-state index in [1.165, 1.54) is 0 Å². The summed E-state index contributed by atoms with van der Waals surface area (Å²) in [4.78, 5) is 24.7. The molecule has 8 heteroatoms. The van der Waals surface area contributed by atoms with E-state index in [4.69, 9.17) is 10.5 Å². The van der Waals surface area contributed by atoms with Gasteiger partial charge in [0, 0.05) is 44.2 Å². The predicted molar refractivity (Wildman–Crippen MR) is 87.4 cm³/mol. The van der Waals surface area contributed by atoms with Crippen molar-refractivity contribution in [1.29, 1.82) is 0 Å². The summed E-state index contributed by atoms with van der Waals surface area (Å²) in [6.45, 7) is 3.31. The van der Waals surface area contributed by atoms with Crippen molar-refractivity contribution in [2.24, 2.45) is 0 Å². The molecule has 23 heavy (non-hydrogen) atoms. The van der Waals surface area contributed by atoms with Gasteiger partial charge in [0.2, 0.25) is 17.7 Å². The maximum absolute atomic E-state index is 11.7. The molecular formula is C15H24N6O2. The number of anilines is 2. The summed E-state index contributed by atoms with van der Waals surface area (Å²) < 4.78 is 5.20. The first-order valence-corrected chi connectivity index (χ1v) is 7.94. The smallest absolute Gasteiger partial charge is 0.225 e. The molecule has 2 saturated heterocycles. The lowest BCUT2D eigenvalue weighted by atomic mass is 9.86. The molecule has 0 radical (unpaired) electrons. The Balaban J connectivity index is 1.85. The van der Waals surface area contributed by atoms with Gasteiger partial charge in [-0.1, -0.05) is 0 Å². The van der Waals surface area contributed by atoms with E-state index in [2.05, 4.69) is 32.1 Å². The fraction of sp³-hybridized carbons (Fsp3) is 0.667. The number of likely N-dealkylation sites (N-methyl/N-ethyl adjacent to an activating group) is 1. The number of hydrogen-bond donors (Lipinski definition) is 2. The third-order valence-electron chi connectivity index (χ3n) is 4.97. The van der Waals surface area contributed by atoms with Gasteiger partial charge in [-0.25, -0.2) is 0 Å². The van der Waals surface area contributed by atoms with Gasteiger partial charge in [-0.15, -0.1) is 0 Å². The number of amides is 1. The molecule has 0 saturated carbocycles. The largest absolute Gasteiger partial charge is 0.481 e. The molecule has 0 bridgehead atoms. The molecule has 1 atom stereocenters. The second kappa shape index (κ2) is 6.19. The van der Waals surface area contributed by atoms with Crippen molar-refractivity contribution in [1.82, 2.24) is 20.2 Å². The molecule has 1 aromatic heterocycles. The Hall–Kier alpha value is -2.09. The first-order valence-electron chi connectivity index (χ1n) is 7.94. The summed E-state index contributed by atoms with van der Waals surface area (Å²) >= 11 is 0. The van der Waals surface area contributed by atoms with Gasteiger partial charge in [0.1, 0.15) is 5.82 Å². The standard InChI is InChI=1S/C15H24N6O2/c1-20-7-8-21(11-9-13(23-2)19-14(16)18-11)10-15(20)4-3-12(22)17-6-5-15/h9H,3-8,10H2,1-2H3,(H,17,22)(H2,16,18,19). The average molecular weight is 320 g/mol. The molecule has 8 nitrogen and oxygen atoms in total. The Morgan fingerprint density at radius 3 is 2.96 bits per heavy atom. The first kappa shape index (κ1) is 15.8. The van der Waals surface area contributed by atoms with E-state index in [1.807, 2.05) is 6.07 Å². The van der Waals surface area contributed by atoms with E-state index in [0.29, 0.717) is 18.8 Å². The van der Waals surface area contributed by atoms with Crippen LogP contribution in [0.4, 0.5) is 11.8 Å². The highest BCUT2D eigenvalue weighted by Crippen LogP contribution is 2.32. The molecule has 1 spiro atoms. The van der Waals surface area contributed by atoms with E-state index < -0.39 is 0 Å². The minimum Gasteiger partial charge on any atom is -0.481 e. The fourth-order valence-electron chi connectivity index (χ4n) is 3.49. The van der Waals surface area contributed by atoms with Gasteiger partial charge in [-0.2, -0.15) is 9.97 Å². The van der Waals surface area contributed by atoms with Gasteiger partial charge >= 0.3 is 0 Å². The van der Waals surface area contributed by atoms with Crippen LogP contribution in [0, 0.1) is 0 Å². The minimum absolute atomic E-state index is 0.0235. The van der Waals surface area contributed by atoms with Gasteiger partial charge in [0.15, 0.2) is 0 Å². The van der Waals surface area contributed by atoms with E-state index in [9.17, 15) is 4.79 Å². The van der Waals surface area contributed by atoms with Crippen LogP contribution in [0.1, 0.15) is 19.3 Å². The number of nitrogen functional groups attached to an aromatic ring is 1. The molecule has 0 aliphatic carbocycles. The zero-order chi connectivity index (χ0) is 16.4. The summed E-state index contributed by atoms with van der Waals surface area (Å²) in [6.07, 6.45) is 2.35. The second-order valence-corrected chi connectivity index (χ2v) is 6.29. The maximum Gasteiger partial charge on any atom is 0.225 e. The van der Waals surface area contributed by atoms with Crippen LogP contribution in [0.2, 0.25) is 0 Å². The van der Waals surface area contributed by atoms with E-state index in [0.717, 1.165) is 38.3 Å². The van der Waals surface area contributed by atoms with E-state index in [1.54, 1.807) is 7.11 Å². The fourth-order valence-corrected chi connectivity index (χ4v) is 3.49. The van der Waals surface area contributed by atoms with Crippen LogP contribution in [0.3, 0.4) is 0 Å². The molecule has 3 rings (SSSR count). The molecule has 0 aromatic carbocycles. The highest BCUT2D eigenvalue weighted by molar-refractivity contribution is 5.76. The number of nitrogens with one attached hydrogen (secondary N) is 1. The zero-order valence-electron chi connectivity index (χ0n) is 13.7. The molecule has 2 aliphatic rings. The van der Waals surface area contributed by atoms with Crippen molar-refractivity contribution < 1.29 is 9.53 Å². The molecule has 2 fully saturated rings. The van der Waals surface area contributed by atoms with Crippen LogP contribution >= 0.6 is 0 Å². The molecule has 1 unspecified atom stereocenters. The molecule has 1 amide bonds. The van der Waals surface area contributed by atoms with Crippen LogP contribution in [0.15, 0.2) is 6.07 Å². The third-order valence-corrected chi connectivity index (χ3v) is 4.97. The Labute approximate surface area is 136 Å². The van der Waals surface area contributed by atoms with E-state index in [-0.39, 0.29) is 17.4 Å². The molecule has 3 heterocycles. The van der Waals surface area contributed by atoms with Gasteiger partial charge < -0.3 is 20.7 Å². The molecule has 2 aliphatic heterocycles. The number of carbonyl (C=O) groups is 1. The number of nitrogens with zero attached hydrogens (tertiary/aromatic N) is 4. The topological polar surface area (TPSA) is 96.6 Å². The number of ether oxygens (including phenoxy) is 1. The highest BCUT2D eigenvalue weighted by atomic mass is 16.5. The van der Waals surface area contributed by atoms with Crippen molar-refractivity contribution in [3.05, 3.63) is 6.07 Å². The zero-order valence-corrected chi connectivity index (χ0v) is 13.7. The molecular weight excluding hydrogens is 296 g/mol. The average Bonchev–Trinajstić information content (AvgIpc) is 2.72. The van der Waals surface area contributed by atoms with Gasteiger partial charge in [-0.05, 0) is 19.9 Å². The summed E-state index contributed by atoms with van der Waals surface area (Å²) in [5.74, 6) is 1.61. The lowest BCUT2D eigenvalue weighted by Crippen LogP contribution is -2.61. The normalized spacial score (nSPS) is 26.0. The molecule has 3 N–H and O–H groups in total. The Bertz CT molecular complexity index is 595. The van der Waals surface area contributed by atoms with Crippen molar-refractivity contribution in [2.75, 3.05) is 51.0 Å². The first-order chi connectivity index (χ1) is 11.0. The maximum atomic E-state index is 11.7. The number of hydrogen-bond acceptors (Lipinski definition) is 7. The minimum atomic E-state index is -0.0235. The second-order valence-electron chi connectivity index (χ2n) is 6.29. The Morgan fingerprint density at radius 1 is 1.35 bits per heavy atom. The van der Waals surface area contributed by atoms with Crippen molar-refractivity contribution >= 4 is 17.7 Å². The van der Waals surface area contributed by atoms with Crippen LogP contribution in [-0.4, -0.2) is 66.7 Å². The van der Waals surface area contributed by atoms with Crippen LogP contribution in [-0.2, 0) is 4.79 Å². The number of carbonyl (C=O) groups excluding carboxylic acids is 1. The summed E-state index contributed by atoms with van der Waals surface area (Å²) in [5.41, 5.74) is 5.76. The highest BCUT2D eigenvalue weighted by Gasteiger charge is 2.41. The number of nitrogens with two attached hydrogens (primary N) is 1. The van der Waals surface area contributed by atoms with E-state index >= 15 is 0 Å². The van der Waals surface area contributed by atoms with Crippen molar-refractivity contribution in [3.63, 3.8) is 0 Å². The summed E-state index contributed by atoms with van der Waals surface area (Å²) in [5, 5.41) is 2.97. The third kappa shape index (κ3) is 3.17. The number of piperazine rings is 1. The number of aromatic nitrogens is 2. The van der Waals surface area contributed by atoms with Crippen LogP contribution in [0.25, 0.3) is 0 Å². The number of methoxy groups -OCH3 is 1. The van der Waals surface area contributed by atoms with Crippen LogP contribution < -0.4 is 20.7 Å². The molecule has 1 aromatic rings. The SMILES string of the molecule is COc1cc(N2CCN(C)C3(CCNC(=O)CC3)C2)nc(N)n1. The van der Waals surface area contributed by atoms with Gasteiger partial charge in [0.05, 0.1) is 7.11 Å². The summed E-state index contributed by atoms with van der Waals surface area (Å²) in [7, 11) is 3.71. The number of rotatable bonds is 2.